The minimum atomic E-state index is -0.482. The van der Waals surface area contributed by atoms with E-state index in [1.54, 1.807) is 12.1 Å². The summed E-state index contributed by atoms with van der Waals surface area (Å²) in [5.74, 6) is -1.15. The Bertz CT molecular complexity index is 788. The molecule has 2 aromatic carbocycles. The fourth-order valence-electron chi connectivity index (χ4n) is 1.99. The Labute approximate surface area is 143 Å². The standard InChI is InChI=1S/C17H15ClN2O4/c1-10(21)19-14-8-7-13(18)9-15(14)20-16(22)11-3-5-12(6-4-11)17(23)24-2/h3-9H,1-2H3,(H,19,21)(H,20,22). The normalized spacial score (nSPS) is 9.96. The van der Waals surface area contributed by atoms with Crippen molar-refractivity contribution in [3.05, 3.63) is 58.6 Å². The van der Waals surface area contributed by atoms with E-state index >= 15 is 0 Å². The Kier molecular flexibility index (Phi) is 5.55. The second-order valence-corrected chi connectivity index (χ2v) is 5.33. The third-order valence-corrected chi connectivity index (χ3v) is 3.34. The molecule has 0 atom stereocenters. The highest BCUT2D eigenvalue weighted by molar-refractivity contribution is 6.31. The van der Waals surface area contributed by atoms with Gasteiger partial charge < -0.3 is 15.4 Å². The van der Waals surface area contributed by atoms with Gasteiger partial charge in [0.25, 0.3) is 5.91 Å². The minimum absolute atomic E-state index is 0.268. The predicted molar refractivity (Wildman–Crippen MR) is 91.5 cm³/mol. The molecule has 0 bridgehead atoms. The van der Waals surface area contributed by atoms with Crippen molar-refractivity contribution in [3.63, 3.8) is 0 Å². The first-order valence-electron chi connectivity index (χ1n) is 6.97. The molecule has 7 heteroatoms. The van der Waals surface area contributed by atoms with Gasteiger partial charge in [-0.1, -0.05) is 11.6 Å². The van der Waals surface area contributed by atoms with Gasteiger partial charge in [-0.05, 0) is 42.5 Å². The summed E-state index contributed by atoms with van der Waals surface area (Å²) >= 11 is 5.94. The maximum Gasteiger partial charge on any atom is 0.337 e. The Hall–Kier alpha value is -2.86. The van der Waals surface area contributed by atoms with Crippen molar-refractivity contribution < 1.29 is 19.1 Å². The minimum Gasteiger partial charge on any atom is -0.465 e. The van der Waals surface area contributed by atoms with Gasteiger partial charge in [-0.2, -0.15) is 0 Å². The predicted octanol–water partition coefficient (Wildman–Crippen LogP) is 3.34. The second kappa shape index (κ2) is 7.61. The lowest BCUT2D eigenvalue weighted by atomic mass is 10.1. The molecule has 2 aromatic rings. The number of methoxy groups -OCH3 is 1. The number of anilines is 2. The molecule has 0 spiro atoms. The number of carbonyl (C=O) groups is 3. The SMILES string of the molecule is COC(=O)c1ccc(C(=O)Nc2cc(Cl)ccc2NC(C)=O)cc1. The highest BCUT2D eigenvalue weighted by atomic mass is 35.5. The molecule has 2 rings (SSSR count). The molecule has 0 heterocycles. The summed E-state index contributed by atoms with van der Waals surface area (Å²) in [6, 6.07) is 10.7. The largest absolute Gasteiger partial charge is 0.465 e. The molecule has 0 aliphatic heterocycles. The number of rotatable bonds is 4. The van der Waals surface area contributed by atoms with Crippen LogP contribution in [-0.2, 0) is 9.53 Å². The summed E-state index contributed by atoms with van der Waals surface area (Å²) < 4.78 is 4.60. The van der Waals surface area contributed by atoms with Crippen LogP contribution < -0.4 is 10.6 Å². The molecule has 2 N–H and O–H groups in total. The lowest BCUT2D eigenvalue weighted by Crippen LogP contribution is -2.15. The Morgan fingerprint density at radius 3 is 2.12 bits per heavy atom. The van der Waals surface area contributed by atoms with Crippen LogP contribution in [0.25, 0.3) is 0 Å². The average Bonchev–Trinajstić information content (AvgIpc) is 2.56. The summed E-state index contributed by atoms with van der Waals surface area (Å²) in [4.78, 5) is 35.0. The number of carbonyl (C=O) groups excluding carboxylic acids is 3. The molecule has 24 heavy (non-hydrogen) atoms. The van der Waals surface area contributed by atoms with Crippen molar-refractivity contribution in [1.82, 2.24) is 0 Å². The highest BCUT2D eigenvalue weighted by Crippen LogP contribution is 2.26. The lowest BCUT2D eigenvalue weighted by molar-refractivity contribution is -0.114. The molecule has 124 valence electrons. The van der Waals surface area contributed by atoms with Gasteiger partial charge in [0.05, 0.1) is 24.0 Å². The topological polar surface area (TPSA) is 84.5 Å². The molecule has 0 saturated carbocycles. The number of halogens is 1. The van der Waals surface area contributed by atoms with Gasteiger partial charge in [-0.25, -0.2) is 4.79 Å². The molecule has 0 aliphatic carbocycles. The number of hydrogen-bond donors (Lipinski definition) is 2. The van der Waals surface area contributed by atoms with Crippen LogP contribution in [0.2, 0.25) is 5.02 Å². The summed E-state index contributed by atoms with van der Waals surface area (Å²) in [5, 5.41) is 5.71. The fourth-order valence-corrected chi connectivity index (χ4v) is 2.16. The van der Waals surface area contributed by atoms with Crippen molar-refractivity contribution in [2.75, 3.05) is 17.7 Å². The molecule has 0 fully saturated rings. The van der Waals surface area contributed by atoms with E-state index in [-0.39, 0.29) is 5.91 Å². The fraction of sp³-hybridized carbons (Fsp3) is 0.118. The molecule has 6 nitrogen and oxygen atoms in total. The van der Waals surface area contributed by atoms with E-state index < -0.39 is 11.9 Å². The number of hydrogen-bond acceptors (Lipinski definition) is 4. The third-order valence-electron chi connectivity index (χ3n) is 3.11. The van der Waals surface area contributed by atoms with Crippen LogP contribution in [0.5, 0.6) is 0 Å². The van der Waals surface area contributed by atoms with Crippen LogP contribution >= 0.6 is 11.6 Å². The number of esters is 1. The molecule has 0 saturated heterocycles. The Morgan fingerprint density at radius 2 is 1.54 bits per heavy atom. The summed E-state index contributed by atoms with van der Waals surface area (Å²) in [7, 11) is 1.28. The molecular weight excluding hydrogens is 332 g/mol. The Morgan fingerprint density at radius 1 is 0.917 bits per heavy atom. The van der Waals surface area contributed by atoms with Crippen LogP contribution in [0.15, 0.2) is 42.5 Å². The summed E-state index contributed by atoms with van der Waals surface area (Å²) in [6.07, 6.45) is 0. The zero-order valence-electron chi connectivity index (χ0n) is 13.1. The second-order valence-electron chi connectivity index (χ2n) is 4.89. The van der Waals surface area contributed by atoms with E-state index in [0.717, 1.165) is 0 Å². The molecule has 0 aromatic heterocycles. The van der Waals surface area contributed by atoms with Gasteiger partial charge in [0, 0.05) is 17.5 Å². The van der Waals surface area contributed by atoms with E-state index in [4.69, 9.17) is 11.6 Å². The molecule has 2 amide bonds. The van der Waals surface area contributed by atoms with E-state index in [9.17, 15) is 14.4 Å². The molecular formula is C17H15ClN2O4. The maximum atomic E-state index is 12.3. The number of benzene rings is 2. The smallest absolute Gasteiger partial charge is 0.337 e. The van der Waals surface area contributed by atoms with E-state index in [0.29, 0.717) is 27.5 Å². The van der Waals surface area contributed by atoms with Gasteiger partial charge in [-0.3, -0.25) is 9.59 Å². The monoisotopic (exact) mass is 346 g/mol. The van der Waals surface area contributed by atoms with E-state index in [2.05, 4.69) is 15.4 Å². The molecule has 0 radical (unpaired) electrons. The first kappa shape index (κ1) is 17.5. The summed E-state index contributed by atoms with van der Waals surface area (Å²) in [6.45, 7) is 1.37. The number of ether oxygens (including phenoxy) is 1. The zero-order chi connectivity index (χ0) is 17.7. The first-order chi connectivity index (χ1) is 11.4. The van der Waals surface area contributed by atoms with Crippen LogP contribution in [0.4, 0.5) is 11.4 Å². The van der Waals surface area contributed by atoms with Gasteiger partial charge in [0.15, 0.2) is 0 Å². The van der Waals surface area contributed by atoms with Crippen molar-refractivity contribution in [3.8, 4) is 0 Å². The van der Waals surface area contributed by atoms with Crippen LogP contribution in [0.3, 0.4) is 0 Å². The van der Waals surface area contributed by atoms with Gasteiger partial charge in [0.1, 0.15) is 0 Å². The number of amides is 2. The Balaban J connectivity index is 2.21. The van der Waals surface area contributed by atoms with Crippen molar-refractivity contribution in [1.29, 1.82) is 0 Å². The van der Waals surface area contributed by atoms with Crippen molar-refractivity contribution in [2.24, 2.45) is 0 Å². The van der Waals surface area contributed by atoms with Gasteiger partial charge in [-0.15, -0.1) is 0 Å². The zero-order valence-corrected chi connectivity index (χ0v) is 13.8. The number of nitrogens with one attached hydrogen (secondary N) is 2. The van der Waals surface area contributed by atoms with Gasteiger partial charge >= 0.3 is 5.97 Å². The molecule has 0 aliphatic rings. The van der Waals surface area contributed by atoms with Crippen LogP contribution in [0, 0.1) is 0 Å². The van der Waals surface area contributed by atoms with E-state index in [1.807, 2.05) is 0 Å². The first-order valence-corrected chi connectivity index (χ1v) is 7.35. The highest BCUT2D eigenvalue weighted by Gasteiger charge is 2.12. The average molecular weight is 347 g/mol. The van der Waals surface area contributed by atoms with Crippen LogP contribution in [-0.4, -0.2) is 24.9 Å². The van der Waals surface area contributed by atoms with E-state index in [1.165, 1.54) is 44.4 Å². The van der Waals surface area contributed by atoms with Gasteiger partial charge in [0.2, 0.25) is 5.91 Å². The molecule has 0 unspecified atom stereocenters. The van der Waals surface area contributed by atoms with Crippen molar-refractivity contribution >= 4 is 40.8 Å². The van der Waals surface area contributed by atoms with Crippen LogP contribution in [0.1, 0.15) is 27.6 Å². The maximum absolute atomic E-state index is 12.3. The summed E-state index contributed by atoms with van der Waals surface area (Å²) in [5.41, 5.74) is 1.50. The third kappa shape index (κ3) is 4.33. The van der Waals surface area contributed by atoms with Crippen molar-refractivity contribution in [2.45, 2.75) is 6.92 Å². The lowest BCUT2D eigenvalue weighted by Gasteiger charge is -2.12. The quantitative estimate of drug-likeness (QED) is 0.831.